The zero-order valence-electron chi connectivity index (χ0n) is 10.1. The van der Waals surface area contributed by atoms with Gasteiger partial charge in [-0.2, -0.15) is 9.61 Å². The molecule has 1 N–H and O–H groups in total. The lowest BCUT2D eigenvalue weighted by Gasteiger charge is -2.01. The summed E-state index contributed by atoms with van der Waals surface area (Å²) >= 11 is 1.40. The van der Waals surface area contributed by atoms with Crippen LogP contribution in [0.5, 0.6) is 0 Å². The average Bonchev–Trinajstić information content (AvgIpc) is 2.99. The van der Waals surface area contributed by atoms with Crippen LogP contribution in [0.1, 0.15) is 21.2 Å². The minimum Gasteiger partial charge on any atom is -0.345 e. The van der Waals surface area contributed by atoms with Crippen molar-refractivity contribution in [2.24, 2.45) is 0 Å². The maximum atomic E-state index is 11.8. The molecular formula is C11H10N6OS. The van der Waals surface area contributed by atoms with Crippen LogP contribution in [-0.4, -0.2) is 30.7 Å². The maximum absolute atomic E-state index is 11.8. The average molecular weight is 274 g/mol. The predicted octanol–water partition coefficient (Wildman–Crippen LogP) is 0.819. The molecule has 0 aliphatic rings. The van der Waals surface area contributed by atoms with Gasteiger partial charge in [-0.25, -0.2) is 0 Å². The molecule has 19 heavy (non-hydrogen) atoms. The fraction of sp³-hybridized carbons (Fsp3) is 0.182. The Hall–Kier alpha value is -2.35. The summed E-state index contributed by atoms with van der Waals surface area (Å²) in [6.07, 6.45) is 3.15. The largest absolute Gasteiger partial charge is 0.345 e. The molecule has 0 aromatic carbocycles. The zero-order valence-corrected chi connectivity index (χ0v) is 10.9. The first-order chi connectivity index (χ1) is 9.24. The Morgan fingerprint density at radius 3 is 3.11 bits per heavy atom. The minimum atomic E-state index is -0.171. The molecule has 3 aromatic rings. The highest BCUT2D eigenvalue weighted by atomic mass is 32.1. The van der Waals surface area contributed by atoms with Gasteiger partial charge < -0.3 is 5.32 Å². The van der Waals surface area contributed by atoms with Crippen LogP contribution in [0, 0.1) is 6.92 Å². The summed E-state index contributed by atoms with van der Waals surface area (Å²) in [6, 6.07) is 3.44. The quantitative estimate of drug-likeness (QED) is 0.764. The second kappa shape index (κ2) is 4.73. The second-order valence-electron chi connectivity index (χ2n) is 3.86. The number of nitrogens with one attached hydrogen (secondary N) is 1. The van der Waals surface area contributed by atoms with Crippen molar-refractivity contribution in [2.45, 2.75) is 13.5 Å². The molecule has 0 saturated heterocycles. The van der Waals surface area contributed by atoms with E-state index >= 15 is 0 Å². The topological polar surface area (TPSA) is 85.1 Å². The fourth-order valence-electron chi connectivity index (χ4n) is 1.58. The number of carbonyl (C=O) groups excluding carboxylic acids is 1. The van der Waals surface area contributed by atoms with Gasteiger partial charge in [-0.15, -0.1) is 10.2 Å². The third kappa shape index (κ3) is 2.29. The SMILES string of the molecule is Cc1nnc2sc(CNC(=O)c3cccnc3)nn12. The van der Waals surface area contributed by atoms with Crippen molar-refractivity contribution in [1.29, 1.82) is 0 Å². The van der Waals surface area contributed by atoms with Crippen molar-refractivity contribution in [3.8, 4) is 0 Å². The fourth-order valence-corrected chi connectivity index (χ4v) is 2.40. The smallest absolute Gasteiger partial charge is 0.253 e. The normalized spacial score (nSPS) is 10.8. The Labute approximate surface area is 112 Å². The third-order valence-electron chi connectivity index (χ3n) is 2.51. The van der Waals surface area contributed by atoms with Crippen molar-refractivity contribution in [3.05, 3.63) is 40.9 Å². The first kappa shape index (κ1) is 11.7. The Morgan fingerprint density at radius 1 is 1.47 bits per heavy atom. The molecule has 3 rings (SSSR count). The third-order valence-corrected chi connectivity index (χ3v) is 3.41. The Bertz CT molecular complexity index is 719. The molecule has 96 valence electrons. The summed E-state index contributed by atoms with van der Waals surface area (Å²) in [6.45, 7) is 2.19. The molecular weight excluding hydrogens is 264 g/mol. The number of fused-ring (bicyclic) bond motifs is 1. The summed E-state index contributed by atoms with van der Waals surface area (Å²) in [4.78, 5) is 16.5. The van der Waals surface area contributed by atoms with Crippen LogP contribution < -0.4 is 5.32 Å². The lowest BCUT2D eigenvalue weighted by atomic mass is 10.3. The number of amides is 1. The molecule has 0 radical (unpaired) electrons. The van der Waals surface area contributed by atoms with Gasteiger partial charge in [-0.05, 0) is 19.1 Å². The van der Waals surface area contributed by atoms with Crippen LogP contribution in [0.2, 0.25) is 0 Å². The zero-order chi connectivity index (χ0) is 13.2. The molecule has 0 aliphatic carbocycles. The summed E-state index contributed by atoms with van der Waals surface area (Å²) in [5.41, 5.74) is 0.529. The van der Waals surface area contributed by atoms with E-state index in [0.717, 1.165) is 15.8 Å². The Kier molecular flexibility index (Phi) is 2.92. The minimum absolute atomic E-state index is 0.171. The van der Waals surface area contributed by atoms with E-state index < -0.39 is 0 Å². The number of aryl methyl sites for hydroxylation is 1. The Morgan fingerprint density at radius 2 is 2.37 bits per heavy atom. The monoisotopic (exact) mass is 274 g/mol. The first-order valence-corrected chi connectivity index (χ1v) is 6.41. The van der Waals surface area contributed by atoms with Gasteiger partial charge in [-0.3, -0.25) is 9.78 Å². The number of aromatic nitrogens is 5. The summed E-state index contributed by atoms with van der Waals surface area (Å²) < 4.78 is 1.66. The van der Waals surface area contributed by atoms with Crippen molar-refractivity contribution in [3.63, 3.8) is 0 Å². The molecule has 0 atom stereocenters. The van der Waals surface area contributed by atoms with Gasteiger partial charge in [0.15, 0.2) is 5.82 Å². The number of hydrogen-bond acceptors (Lipinski definition) is 6. The number of carbonyl (C=O) groups is 1. The number of hydrogen-bond donors (Lipinski definition) is 1. The molecule has 7 nitrogen and oxygen atoms in total. The second-order valence-corrected chi connectivity index (χ2v) is 4.90. The van der Waals surface area contributed by atoms with Crippen molar-refractivity contribution >= 4 is 22.2 Å². The van der Waals surface area contributed by atoms with Gasteiger partial charge in [0.2, 0.25) is 4.96 Å². The molecule has 3 heterocycles. The van der Waals surface area contributed by atoms with E-state index in [4.69, 9.17) is 0 Å². The highest BCUT2D eigenvalue weighted by Crippen LogP contribution is 2.13. The summed E-state index contributed by atoms with van der Waals surface area (Å²) in [7, 11) is 0. The van der Waals surface area contributed by atoms with E-state index in [2.05, 4.69) is 25.6 Å². The highest BCUT2D eigenvalue weighted by Gasteiger charge is 2.10. The van der Waals surface area contributed by atoms with Gasteiger partial charge in [0, 0.05) is 12.4 Å². The van der Waals surface area contributed by atoms with Gasteiger partial charge in [0.25, 0.3) is 5.91 Å². The van der Waals surface area contributed by atoms with E-state index in [-0.39, 0.29) is 5.91 Å². The standard InChI is InChI=1S/C11H10N6OS/c1-7-14-15-11-17(7)16-9(19-11)6-13-10(18)8-3-2-4-12-5-8/h2-5H,6H2,1H3,(H,13,18). The lowest BCUT2D eigenvalue weighted by molar-refractivity contribution is 0.0950. The van der Waals surface area contributed by atoms with E-state index in [1.54, 1.807) is 22.8 Å². The van der Waals surface area contributed by atoms with Crippen molar-refractivity contribution < 1.29 is 4.79 Å². The van der Waals surface area contributed by atoms with Gasteiger partial charge in [0.05, 0.1) is 12.1 Å². The van der Waals surface area contributed by atoms with Crippen molar-refractivity contribution in [2.75, 3.05) is 0 Å². The molecule has 0 aliphatic heterocycles. The molecule has 0 saturated carbocycles. The molecule has 1 amide bonds. The van der Waals surface area contributed by atoms with Gasteiger partial charge >= 0.3 is 0 Å². The first-order valence-electron chi connectivity index (χ1n) is 5.60. The van der Waals surface area contributed by atoms with Crippen LogP contribution in [-0.2, 0) is 6.54 Å². The molecule has 0 spiro atoms. The predicted molar refractivity (Wildman–Crippen MR) is 68.8 cm³/mol. The van der Waals surface area contributed by atoms with Gasteiger partial charge in [0.1, 0.15) is 5.01 Å². The van der Waals surface area contributed by atoms with Crippen LogP contribution in [0.25, 0.3) is 4.96 Å². The molecule has 8 heteroatoms. The molecule has 0 bridgehead atoms. The Balaban J connectivity index is 1.70. The summed E-state index contributed by atoms with van der Waals surface area (Å²) in [5, 5.41) is 15.8. The lowest BCUT2D eigenvalue weighted by Crippen LogP contribution is -2.22. The van der Waals surface area contributed by atoms with Crippen LogP contribution in [0.15, 0.2) is 24.5 Å². The summed E-state index contributed by atoms with van der Waals surface area (Å²) in [5.74, 6) is 0.562. The van der Waals surface area contributed by atoms with E-state index in [1.807, 2.05) is 6.92 Å². The number of pyridine rings is 1. The van der Waals surface area contributed by atoms with Crippen LogP contribution >= 0.6 is 11.3 Å². The van der Waals surface area contributed by atoms with Crippen molar-refractivity contribution in [1.82, 2.24) is 30.1 Å². The number of nitrogens with zero attached hydrogens (tertiary/aromatic N) is 5. The van der Waals surface area contributed by atoms with Crippen LogP contribution in [0.4, 0.5) is 0 Å². The molecule has 3 aromatic heterocycles. The number of rotatable bonds is 3. The molecule has 0 unspecified atom stereocenters. The van der Waals surface area contributed by atoms with Crippen LogP contribution in [0.3, 0.4) is 0 Å². The van der Waals surface area contributed by atoms with E-state index in [1.165, 1.54) is 17.5 Å². The van der Waals surface area contributed by atoms with E-state index in [9.17, 15) is 4.79 Å². The molecule has 0 fully saturated rings. The van der Waals surface area contributed by atoms with E-state index in [0.29, 0.717) is 12.1 Å². The highest BCUT2D eigenvalue weighted by molar-refractivity contribution is 7.16. The van der Waals surface area contributed by atoms with Gasteiger partial charge in [-0.1, -0.05) is 11.3 Å². The maximum Gasteiger partial charge on any atom is 0.253 e.